The Kier molecular flexibility index (Phi) is 8.21. The molecule has 0 saturated carbocycles. The van der Waals surface area contributed by atoms with Gasteiger partial charge in [-0.1, -0.05) is 23.7 Å². The Hall–Kier alpha value is -3.97. The number of anilines is 2. The third-order valence-corrected chi connectivity index (χ3v) is 5.99. The molecular weight excluding hydrogens is 561 g/mol. The average molecular weight is 580 g/mol. The van der Waals surface area contributed by atoms with Gasteiger partial charge in [0, 0.05) is 42.0 Å². The lowest BCUT2D eigenvalue weighted by Crippen LogP contribution is -2.25. The third-order valence-electron chi connectivity index (χ3n) is 5.15. The molecule has 2 aromatic carbocycles. The number of nitrogens with one attached hydrogen (secondary N) is 1. The van der Waals surface area contributed by atoms with Gasteiger partial charge < -0.3 is 20.4 Å². The first-order valence-corrected chi connectivity index (χ1v) is 12.8. The zero-order chi connectivity index (χ0) is 28.3. The number of benzene rings is 2. The van der Waals surface area contributed by atoms with Crippen LogP contribution in [0.1, 0.15) is 10.4 Å². The first-order valence-electron chi connectivity index (χ1n) is 10.8. The first-order chi connectivity index (χ1) is 18.4. The number of aromatic nitrogens is 2. The number of amides is 1. The van der Waals surface area contributed by atoms with Gasteiger partial charge in [0.2, 0.25) is 5.43 Å². The minimum Gasteiger partial charge on any atom is -0.453 e. The summed E-state index contributed by atoms with van der Waals surface area (Å²) in [6.07, 6.45) is 3.57. The number of pyridine rings is 2. The van der Waals surface area contributed by atoms with Crippen LogP contribution in [0.2, 0.25) is 5.02 Å². The number of carbonyl (C=O) groups is 1. The molecule has 0 aliphatic carbocycles. The highest BCUT2D eigenvalue weighted by Gasteiger charge is 2.33. The molecule has 0 spiro atoms. The van der Waals surface area contributed by atoms with E-state index >= 15 is 0 Å². The van der Waals surface area contributed by atoms with Crippen molar-refractivity contribution in [2.45, 2.75) is 6.73 Å². The van der Waals surface area contributed by atoms with Crippen molar-refractivity contribution in [1.29, 1.82) is 0 Å². The second-order valence-electron chi connectivity index (χ2n) is 7.92. The van der Waals surface area contributed by atoms with Crippen LogP contribution >= 0.6 is 19.8 Å². The first kappa shape index (κ1) is 28.0. The van der Waals surface area contributed by atoms with Gasteiger partial charge in [0.15, 0.2) is 24.0 Å². The molecule has 15 heteroatoms. The number of carbonyl (C=O) groups excluding carboxylic acids is 1. The maximum Gasteiger partial charge on any atom is 0.569 e. The summed E-state index contributed by atoms with van der Waals surface area (Å²) >= 11 is 6.01. The quantitative estimate of drug-likeness (QED) is 0.193. The molecule has 2 aromatic heterocycles. The Morgan fingerprint density at radius 3 is 2.46 bits per heavy atom. The van der Waals surface area contributed by atoms with E-state index in [4.69, 9.17) is 36.8 Å². The van der Waals surface area contributed by atoms with E-state index < -0.39 is 43.4 Å². The Morgan fingerprint density at radius 2 is 1.79 bits per heavy atom. The predicted octanol–water partition coefficient (Wildman–Crippen LogP) is 4.10. The summed E-state index contributed by atoms with van der Waals surface area (Å²) in [4.78, 5) is 57.4. The normalized spacial score (nSPS) is 11.3. The van der Waals surface area contributed by atoms with Crippen molar-refractivity contribution in [2.75, 3.05) is 11.1 Å². The lowest BCUT2D eigenvalue weighted by Gasteiger charge is -2.13. The summed E-state index contributed by atoms with van der Waals surface area (Å²) < 4.78 is 39.3. The molecular formula is C24H19ClF2N4O7P+. The molecule has 4 aromatic rings. The number of nitrogens with two attached hydrogens (primary N) is 1. The van der Waals surface area contributed by atoms with E-state index in [-0.39, 0.29) is 39.2 Å². The SMILES string of the molecule is Nc1nccc(Oc2ccc(NC(=O)c3cn(CO[P+](O)(O)O)cc(-c4ccc(F)cc4)c3=O)cc2F)c1Cl. The van der Waals surface area contributed by atoms with Crippen LogP contribution < -0.4 is 21.2 Å². The number of ether oxygens (including phenoxy) is 1. The Labute approximate surface area is 224 Å². The molecule has 0 saturated heterocycles. The minimum atomic E-state index is -4.64. The zero-order valence-corrected chi connectivity index (χ0v) is 21.2. The van der Waals surface area contributed by atoms with Crippen molar-refractivity contribution < 1.29 is 37.5 Å². The topological polar surface area (TPSA) is 169 Å². The zero-order valence-electron chi connectivity index (χ0n) is 19.6. The number of rotatable bonds is 8. The molecule has 0 aliphatic heterocycles. The van der Waals surface area contributed by atoms with Gasteiger partial charge in [-0.25, -0.2) is 13.8 Å². The molecule has 0 aliphatic rings. The summed E-state index contributed by atoms with van der Waals surface area (Å²) in [5.41, 5.74) is 4.54. The summed E-state index contributed by atoms with van der Waals surface area (Å²) in [7, 11) is -4.64. The molecule has 0 atom stereocenters. The van der Waals surface area contributed by atoms with Crippen LogP contribution in [0.5, 0.6) is 11.5 Å². The van der Waals surface area contributed by atoms with Crippen molar-refractivity contribution in [3.05, 3.63) is 99.6 Å². The van der Waals surface area contributed by atoms with Crippen LogP contribution in [-0.2, 0) is 11.3 Å². The van der Waals surface area contributed by atoms with Crippen LogP contribution in [0, 0.1) is 11.6 Å². The van der Waals surface area contributed by atoms with E-state index in [0.717, 1.165) is 29.0 Å². The van der Waals surface area contributed by atoms with Crippen LogP contribution in [0.3, 0.4) is 0 Å². The third kappa shape index (κ3) is 6.92. The largest absolute Gasteiger partial charge is 0.569 e. The van der Waals surface area contributed by atoms with Crippen molar-refractivity contribution >= 4 is 37.2 Å². The highest BCUT2D eigenvalue weighted by Crippen LogP contribution is 2.46. The molecule has 1 amide bonds. The number of nitrogen functional groups attached to an aromatic ring is 1. The van der Waals surface area contributed by atoms with Gasteiger partial charge >= 0.3 is 8.17 Å². The van der Waals surface area contributed by atoms with Gasteiger partial charge in [0.25, 0.3) is 5.91 Å². The standard InChI is InChI=1S/C24H18ClF2N4O7P/c25-21-20(7-8-29-23(21)28)38-19-6-5-15(9-18(19)27)30-24(33)17-11-31(12-37-39(34,35)36)10-16(22(17)32)13-1-3-14(26)4-2-13/h1-11,34-36H,12H2,(H2-,28,29,30,33)/p+1. The number of halogens is 3. The number of hydrogen-bond acceptors (Lipinski definition) is 9. The molecule has 0 unspecified atom stereocenters. The van der Waals surface area contributed by atoms with Gasteiger partial charge in [-0.05, 0) is 29.8 Å². The van der Waals surface area contributed by atoms with Crippen LogP contribution in [0.25, 0.3) is 11.1 Å². The van der Waals surface area contributed by atoms with Gasteiger partial charge in [-0.3, -0.25) is 9.59 Å². The van der Waals surface area contributed by atoms with E-state index in [0.29, 0.717) is 0 Å². The molecule has 0 radical (unpaired) electrons. The van der Waals surface area contributed by atoms with Gasteiger partial charge in [0.05, 0.1) is 0 Å². The smallest absolute Gasteiger partial charge is 0.453 e. The van der Waals surface area contributed by atoms with E-state index in [1.54, 1.807) is 0 Å². The fourth-order valence-electron chi connectivity index (χ4n) is 3.35. The molecule has 202 valence electrons. The summed E-state index contributed by atoms with van der Waals surface area (Å²) in [6.45, 7) is -0.658. The van der Waals surface area contributed by atoms with Crippen molar-refractivity contribution in [3.63, 3.8) is 0 Å². The van der Waals surface area contributed by atoms with Crippen LogP contribution in [-0.4, -0.2) is 30.1 Å². The molecule has 2 heterocycles. The summed E-state index contributed by atoms with van der Waals surface area (Å²) in [6, 6.07) is 9.66. The van der Waals surface area contributed by atoms with Crippen molar-refractivity contribution in [1.82, 2.24) is 9.55 Å². The molecule has 4 rings (SSSR count). The Balaban J connectivity index is 1.63. The molecule has 0 fully saturated rings. The monoisotopic (exact) mass is 579 g/mol. The molecule has 6 N–H and O–H groups in total. The fraction of sp³-hybridized carbons (Fsp3) is 0.0417. The van der Waals surface area contributed by atoms with Crippen molar-refractivity contribution in [2.24, 2.45) is 0 Å². The number of hydrogen-bond donors (Lipinski definition) is 5. The van der Waals surface area contributed by atoms with Crippen LogP contribution in [0.15, 0.2) is 71.9 Å². The van der Waals surface area contributed by atoms with Gasteiger partial charge in [-0.15, -0.1) is 4.52 Å². The summed E-state index contributed by atoms with van der Waals surface area (Å²) in [5.74, 6) is -2.58. The maximum atomic E-state index is 14.7. The lowest BCUT2D eigenvalue weighted by molar-refractivity contribution is 0.102. The Morgan fingerprint density at radius 1 is 1.08 bits per heavy atom. The predicted molar refractivity (Wildman–Crippen MR) is 139 cm³/mol. The van der Waals surface area contributed by atoms with Gasteiger partial charge in [0.1, 0.15) is 22.2 Å². The minimum absolute atomic E-state index is 0.0121. The van der Waals surface area contributed by atoms with Crippen molar-refractivity contribution in [3.8, 4) is 22.6 Å². The average Bonchev–Trinajstić information content (AvgIpc) is 2.87. The van der Waals surface area contributed by atoms with Crippen LogP contribution in [0.4, 0.5) is 20.3 Å². The molecule has 0 bridgehead atoms. The van der Waals surface area contributed by atoms with E-state index in [2.05, 4.69) is 14.8 Å². The maximum absolute atomic E-state index is 14.7. The van der Waals surface area contributed by atoms with E-state index in [1.807, 2.05) is 0 Å². The van der Waals surface area contributed by atoms with Gasteiger partial charge in [-0.2, -0.15) is 14.7 Å². The number of nitrogens with zero attached hydrogens (tertiary/aromatic N) is 2. The van der Waals surface area contributed by atoms with E-state index in [1.165, 1.54) is 42.7 Å². The lowest BCUT2D eigenvalue weighted by atomic mass is 10.0. The highest BCUT2D eigenvalue weighted by atomic mass is 35.5. The molecule has 11 nitrogen and oxygen atoms in total. The fourth-order valence-corrected chi connectivity index (χ4v) is 3.78. The van der Waals surface area contributed by atoms with E-state index in [9.17, 15) is 18.4 Å². The second-order valence-corrected chi connectivity index (χ2v) is 9.58. The highest BCUT2D eigenvalue weighted by molar-refractivity contribution is 7.53. The second kappa shape index (κ2) is 11.4. The molecule has 39 heavy (non-hydrogen) atoms. The summed E-state index contributed by atoms with van der Waals surface area (Å²) in [5, 5.41) is 2.38. The Bertz CT molecular complexity index is 1600.